The lowest BCUT2D eigenvalue weighted by Gasteiger charge is -2.22. The van der Waals surface area contributed by atoms with Crippen molar-refractivity contribution >= 4 is 0 Å². The number of aromatic nitrogens is 2. The Hall–Kier alpha value is -1.77. The van der Waals surface area contributed by atoms with Crippen LogP contribution in [0.25, 0.3) is 11.4 Å². The second-order valence-electron chi connectivity index (χ2n) is 5.06. The molecule has 1 aromatic carbocycles. The first-order valence-corrected chi connectivity index (χ1v) is 6.47. The molecule has 3 nitrogen and oxygen atoms in total. The van der Waals surface area contributed by atoms with Crippen LogP contribution in [-0.4, -0.2) is 16.7 Å². The second kappa shape index (κ2) is 4.48. The maximum Gasteiger partial charge on any atom is 0.140 e. The monoisotopic (exact) mass is 242 g/mol. The average molecular weight is 242 g/mol. The van der Waals surface area contributed by atoms with Crippen LogP contribution < -0.4 is 4.74 Å². The summed E-state index contributed by atoms with van der Waals surface area (Å²) in [6.45, 7) is 3.38. The van der Waals surface area contributed by atoms with Crippen LogP contribution >= 0.6 is 0 Å². The zero-order valence-electron chi connectivity index (χ0n) is 10.9. The predicted octanol–water partition coefficient (Wildman–Crippen LogP) is 3.14. The number of benzene rings is 1. The summed E-state index contributed by atoms with van der Waals surface area (Å²) in [5.41, 5.74) is 2.49. The third kappa shape index (κ3) is 1.90. The number of rotatable bonds is 2. The van der Waals surface area contributed by atoms with Crippen molar-refractivity contribution in [2.75, 3.05) is 7.11 Å². The lowest BCUT2D eigenvalue weighted by atomic mass is 10.00. The molecule has 0 amide bonds. The van der Waals surface area contributed by atoms with Crippen molar-refractivity contribution in [3.63, 3.8) is 0 Å². The molecule has 1 unspecified atom stereocenters. The van der Waals surface area contributed by atoms with Crippen molar-refractivity contribution < 1.29 is 4.74 Å². The first kappa shape index (κ1) is 11.3. The van der Waals surface area contributed by atoms with Crippen LogP contribution in [0.5, 0.6) is 5.75 Å². The molecule has 0 saturated heterocycles. The number of nitrogens with zero attached hydrogens (tertiary/aromatic N) is 2. The molecule has 0 bridgehead atoms. The van der Waals surface area contributed by atoms with Gasteiger partial charge in [-0.25, -0.2) is 4.98 Å². The number of fused-ring (bicyclic) bond motifs is 1. The summed E-state index contributed by atoms with van der Waals surface area (Å²) >= 11 is 0. The lowest BCUT2D eigenvalue weighted by Crippen LogP contribution is -2.18. The van der Waals surface area contributed by atoms with Crippen molar-refractivity contribution in [2.24, 2.45) is 5.92 Å². The highest BCUT2D eigenvalue weighted by Gasteiger charge is 2.19. The summed E-state index contributed by atoms with van der Waals surface area (Å²) in [6.07, 6.45) is 4.42. The van der Waals surface area contributed by atoms with Gasteiger partial charge in [-0.1, -0.05) is 19.1 Å². The van der Waals surface area contributed by atoms with Gasteiger partial charge in [0, 0.05) is 24.0 Å². The maximum atomic E-state index is 5.28. The minimum atomic E-state index is 0.732. The summed E-state index contributed by atoms with van der Waals surface area (Å²) in [4.78, 5) is 4.59. The van der Waals surface area contributed by atoms with Crippen molar-refractivity contribution in [2.45, 2.75) is 26.3 Å². The summed E-state index contributed by atoms with van der Waals surface area (Å²) in [7, 11) is 1.70. The van der Waals surface area contributed by atoms with Gasteiger partial charge in [0.1, 0.15) is 11.6 Å². The van der Waals surface area contributed by atoms with Gasteiger partial charge in [-0.05, 0) is 30.9 Å². The molecule has 3 rings (SSSR count). The van der Waals surface area contributed by atoms with Gasteiger partial charge in [-0.2, -0.15) is 0 Å². The molecule has 1 aliphatic rings. The Labute approximate surface area is 107 Å². The van der Waals surface area contributed by atoms with Crippen LogP contribution in [0.3, 0.4) is 0 Å². The normalized spacial score (nSPS) is 18.4. The molecule has 1 aromatic heterocycles. The van der Waals surface area contributed by atoms with Gasteiger partial charge in [-0.3, -0.25) is 0 Å². The van der Waals surface area contributed by atoms with Gasteiger partial charge in [0.2, 0.25) is 0 Å². The molecule has 3 heteroatoms. The third-order valence-corrected chi connectivity index (χ3v) is 3.65. The quantitative estimate of drug-likeness (QED) is 0.809. The topological polar surface area (TPSA) is 27.1 Å². The molecule has 0 fully saturated rings. The predicted molar refractivity (Wildman–Crippen MR) is 71.7 cm³/mol. The molecule has 2 heterocycles. The Balaban J connectivity index is 2.04. The zero-order valence-corrected chi connectivity index (χ0v) is 10.9. The fourth-order valence-electron chi connectivity index (χ4n) is 2.60. The summed E-state index contributed by atoms with van der Waals surface area (Å²) in [5, 5.41) is 0. The van der Waals surface area contributed by atoms with E-state index in [-0.39, 0.29) is 0 Å². The average Bonchev–Trinajstić information content (AvgIpc) is 2.81. The van der Waals surface area contributed by atoms with E-state index in [1.807, 2.05) is 18.3 Å². The van der Waals surface area contributed by atoms with Crippen LogP contribution in [-0.2, 0) is 13.0 Å². The van der Waals surface area contributed by atoms with E-state index in [1.165, 1.54) is 12.1 Å². The van der Waals surface area contributed by atoms with Gasteiger partial charge in [0.15, 0.2) is 0 Å². The standard InChI is InChI=1S/C15H18N2O/c1-11-6-7-13-9-16-15(17(13)10-11)12-4-3-5-14(8-12)18-2/h3-5,8-9,11H,6-7,10H2,1-2H3. The Morgan fingerprint density at radius 2 is 2.28 bits per heavy atom. The maximum absolute atomic E-state index is 5.28. The van der Waals surface area contributed by atoms with Gasteiger partial charge in [0.05, 0.1) is 7.11 Å². The fraction of sp³-hybridized carbons (Fsp3) is 0.400. The minimum Gasteiger partial charge on any atom is -0.497 e. The third-order valence-electron chi connectivity index (χ3n) is 3.65. The van der Waals surface area contributed by atoms with Crippen LogP contribution in [0.4, 0.5) is 0 Å². The molecule has 0 spiro atoms. The largest absolute Gasteiger partial charge is 0.497 e. The van der Waals surface area contributed by atoms with Crippen LogP contribution in [0.1, 0.15) is 19.0 Å². The van der Waals surface area contributed by atoms with E-state index in [9.17, 15) is 0 Å². The van der Waals surface area contributed by atoms with Crippen molar-refractivity contribution in [1.29, 1.82) is 0 Å². The fourth-order valence-corrected chi connectivity index (χ4v) is 2.60. The van der Waals surface area contributed by atoms with Crippen LogP contribution in [0, 0.1) is 5.92 Å². The second-order valence-corrected chi connectivity index (χ2v) is 5.06. The highest BCUT2D eigenvalue weighted by molar-refractivity contribution is 5.58. The molecular weight excluding hydrogens is 224 g/mol. The summed E-state index contributed by atoms with van der Waals surface area (Å²) in [5.74, 6) is 2.68. The molecule has 0 N–H and O–H groups in total. The van der Waals surface area contributed by atoms with Crippen LogP contribution in [0.15, 0.2) is 30.5 Å². The molecule has 0 radical (unpaired) electrons. The Kier molecular flexibility index (Phi) is 2.82. The van der Waals surface area contributed by atoms with E-state index >= 15 is 0 Å². The van der Waals surface area contributed by atoms with E-state index in [2.05, 4.69) is 28.6 Å². The molecule has 2 aromatic rings. The van der Waals surface area contributed by atoms with E-state index in [0.717, 1.165) is 36.0 Å². The Morgan fingerprint density at radius 1 is 1.39 bits per heavy atom. The molecule has 1 aliphatic heterocycles. The van der Waals surface area contributed by atoms with Crippen LogP contribution in [0.2, 0.25) is 0 Å². The molecule has 0 aliphatic carbocycles. The van der Waals surface area contributed by atoms with E-state index in [0.29, 0.717) is 0 Å². The van der Waals surface area contributed by atoms with Gasteiger partial charge in [0.25, 0.3) is 0 Å². The summed E-state index contributed by atoms with van der Waals surface area (Å²) < 4.78 is 7.63. The first-order chi connectivity index (χ1) is 8.78. The number of imidazole rings is 1. The van der Waals surface area contributed by atoms with E-state index < -0.39 is 0 Å². The molecule has 94 valence electrons. The van der Waals surface area contributed by atoms with Crippen molar-refractivity contribution in [3.05, 3.63) is 36.2 Å². The van der Waals surface area contributed by atoms with Gasteiger partial charge in [-0.15, -0.1) is 0 Å². The highest BCUT2D eigenvalue weighted by Crippen LogP contribution is 2.28. The lowest BCUT2D eigenvalue weighted by molar-refractivity contribution is 0.401. The Morgan fingerprint density at radius 3 is 3.11 bits per heavy atom. The molecule has 18 heavy (non-hydrogen) atoms. The molecule has 1 atom stereocenters. The van der Waals surface area contributed by atoms with E-state index in [4.69, 9.17) is 4.74 Å². The van der Waals surface area contributed by atoms with Gasteiger partial charge < -0.3 is 9.30 Å². The number of hydrogen-bond acceptors (Lipinski definition) is 2. The SMILES string of the molecule is COc1cccc(-c2ncc3n2CC(C)CC3)c1. The zero-order chi connectivity index (χ0) is 12.5. The first-order valence-electron chi connectivity index (χ1n) is 6.47. The van der Waals surface area contributed by atoms with Crippen molar-refractivity contribution in [1.82, 2.24) is 9.55 Å². The Bertz CT molecular complexity index is 559. The smallest absolute Gasteiger partial charge is 0.140 e. The summed E-state index contributed by atoms with van der Waals surface area (Å²) in [6, 6.07) is 8.13. The number of methoxy groups -OCH3 is 1. The number of ether oxygens (including phenoxy) is 1. The van der Waals surface area contributed by atoms with Gasteiger partial charge >= 0.3 is 0 Å². The molecular formula is C15H18N2O. The minimum absolute atomic E-state index is 0.732. The number of aryl methyl sites for hydroxylation is 1. The molecule has 0 saturated carbocycles. The van der Waals surface area contributed by atoms with E-state index in [1.54, 1.807) is 7.11 Å². The number of hydrogen-bond donors (Lipinski definition) is 0. The van der Waals surface area contributed by atoms with Crippen molar-refractivity contribution in [3.8, 4) is 17.1 Å². The highest BCUT2D eigenvalue weighted by atomic mass is 16.5.